The number of hydrogen-bond acceptors (Lipinski definition) is 9. The maximum Gasteiger partial charge on any atom is 0.329 e. The number of pyridine rings is 1. The second-order valence-electron chi connectivity index (χ2n) is 18.4. The number of methoxy groups -OCH3 is 1. The number of aryl methyl sites for hydroxylation is 1. The normalized spacial score (nSPS) is 24.0. The van der Waals surface area contributed by atoms with Crippen LogP contribution in [0.2, 0.25) is 5.02 Å². The Morgan fingerprint density at radius 3 is 2.55 bits per heavy atom. The van der Waals surface area contributed by atoms with Crippen LogP contribution in [0.4, 0.5) is 11.5 Å². The van der Waals surface area contributed by atoms with E-state index in [-0.39, 0.29) is 5.41 Å². The number of carboxylic acids is 1. The zero-order chi connectivity index (χ0) is 42.8. The van der Waals surface area contributed by atoms with E-state index in [1.54, 1.807) is 7.11 Å². The zero-order valence-corrected chi connectivity index (χ0v) is 37.0. The van der Waals surface area contributed by atoms with Gasteiger partial charge >= 0.3 is 5.97 Å². The predicted molar refractivity (Wildman–Crippen MR) is 246 cm³/mol. The molecule has 3 atom stereocenters. The number of benzene rings is 3. The van der Waals surface area contributed by atoms with Gasteiger partial charge in [0.05, 0.1) is 19.3 Å². The third-order valence-corrected chi connectivity index (χ3v) is 14.7. The summed E-state index contributed by atoms with van der Waals surface area (Å²) in [6, 6.07) is 26.5. The summed E-state index contributed by atoms with van der Waals surface area (Å²) in [6.45, 7) is 9.73. The molecule has 0 bridgehead atoms. The Kier molecular flexibility index (Phi) is 12.2. The number of carboxylic acid groups (broad SMARTS) is 1. The first kappa shape index (κ1) is 42.1. The van der Waals surface area contributed by atoms with Gasteiger partial charge in [0.1, 0.15) is 22.9 Å². The second-order valence-corrected chi connectivity index (χ2v) is 18.8. The van der Waals surface area contributed by atoms with E-state index in [0.29, 0.717) is 48.0 Å². The van der Waals surface area contributed by atoms with Gasteiger partial charge in [-0.3, -0.25) is 9.88 Å². The van der Waals surface area contributed by atoms with Gasteiger partial charge in [0, 0.05) is 67.1 Å². The van der Waals surface area contributed by atoms with E-state index in [9.17, 15) is 9.90 Å². The first-order valence-electron chi connectivity index (χ1n) is 22.6. The van der Waals surface area contributed by atoms with Crippen LogP contribution >= 0.6 is 11.6 Å². The first-order valence-corrected chi connectivity index (χ1v) is 22.9. The molecule has 4 aliphatic rings. The van der Waals surface area contributed by atoms with Gasteiger partial charge in [-0.15, -0.1) is 0 Å². The van der Waals surface area contributed by atoms with Crippen molar-refractivity contribution in [1.29, 1.82) is 0 Å². The molecule has 2 aromatic heterocycles. The fourth-order valence-electron chi connectivity index (χ4n) is 11.1. The summed E-state index contributed by atoms with van der Waals surface area (Å²) in [5, 5.41) is 14.8. The topological polar surface area (TPSA) is 113 Å². The molecule has 0 unspecified atom stereocenters. The van der Waals surface area contributed by atoms with Gasteiger partial charge in [-0.1, -0.05) is 61.8 Å². The van der Waals surface area contributed by atoms with Gasteiger partial charge in [0.2, 0.25) is 0 Å². The average molecular weight is 856 g/mol. The Hall–Kier alpha value is -5.19. The van der Waals surface area contributed by atoms with Crippen LogP contribution in [-0.4, -0.2) is 76.4 Å². The Morgan fingerprint density at radius 1 is 0.952 bits per heavy atom. The van der Waals surface area contributed by atoms with Crippen LogP contribution < -0.4 is 19.7 Å². The molecule has 2 N–H and O–H groups in total. The molecule has 1 spiro atoms. The summed E-state index contributed by atoms with van der Waals surface area (Å²) in [4.78, 5) is 32.3. The molecule has 0 amide bonds. The van der Waals surface area contributed by atoms with Crippen molar-refractivity contribution in [2.45, 2.75) is 95.1 Å². The molecule has 62 heavy (non-hydrogen) atoms. The van der Waals surface area contributed by atoms with Crippen molar-refractivity contribution >= 4 is 29.1 Å². The summed E-state index contributed by atoms with van der Waals surface area (Å²) in [6.07, 6.45) is 11.8. The maximum absolute atomic E-state index is 13.2. The summed E-state index contributed by atoms with van der Waals surface area (Å²) in [5.74, 6) is 3.71. The molecule has 5 aromatic rings. The number of fused-ring (bicyclic) bond motifs is 3. The number of ether oxygens (including phenoxy) is 2. The van der Waals surface area contributed by atoms with Crippen molar-refractivity contribution in [3.63, 3.8) is 0 Å². The monoisotopic (exact) mass is 854 g/mol. The molecule has 1 saturated heterocycles. The van der Waals surface area contributed by atoms with Gasteiger partial charge in [-0.25, -0.2) is 14.8 Å². The van der Waals surface area contributed by atoms with Crippen LogP contribution in [0.3, 0.4) is 0 Å². The van der Waals surface area contributed by atoms with Crippen molar-refractivity contribution in [2.75, 3.05) is 50.1 Å². The minimum Gasteiger partial charge on any atom is -0.496 e. The molecule has 1 saturated carbocycles. The largest absolute Gasteiger partial charge is 0.496 e. The first-order chi connectivity index (χ1) is 30.1. The zero-order valence-electron chi connectivity index (χ0n) is 36.3. The molecule has 9 rings (SSSR count). The Bertz CT molecular complexity index is 2390. The van der Waals surface area contributed by atoms with Crippen LogP contribution in [-0.2, 0) is 29.6 Å². The Morgan fingerprint density at radius 2 is 1.76 bits per heavy atom. The van der Waals surface area contributed by atoms with E-state index in [1.165, 1.54) is 40.8 Å². The third-order valence-electron chi connectivity index (χ3n) is 14.4. The van der Waals surface area contributed by atoms with E-state index in [4.69, 9.17) is 31.0 Å². The number of nitrogens with zero attached hydrogens (tertiary/aromatic N) is 5. The van der Waals surface area contributed by atoms with E-state index in [2.05, 4.69) is 58.2 Å². The van der Waals surface area contributed by atoms with E-state index < -0.39 is 11.5 Å². The van der Waals surface area contributed by atoms with E-state index >= 15 is 0 Å². The molecule has 3 heterocycles. The quantitative estimate of drug-likeness (QED) is 0.119. The number of aliphatic carboxylic acids is 1. The van der Waals surface area contributed by atoms with E-state index in [1.807, 2.05) is 67.0 Å². The number of aromatic nitrogens is 3. The molecule has 324 valence electrons. The lowest BCUT2D eigenvalue weighted by molar-refractivity contribution is -0.144. The number of hydrogen-bond donors (Lipinski definition) is 2. The SMILES string of the molecule is COc1ccccc1-c1nccc(N2CCN(Cc3ccc4c(c3)C3(CCC(Nc5cccc(Cl)c5)(C(=O)O)CC3)[C@@H](C[C@@H](C)COc3ccnc5c3[C@H](C)CCC5)C4)CC2)n1. The minimum atomic E-state index is -1.07. The fraction of sp³-hybridized carbons (Fsp3) is 0.451. The molecular formula is C51H59ClN6O4. The smallest absolute Gasteiger partial charge is 0.329 e. The summed E-state index contributed by atoms with van der Waals surface area (Å²) in [7, 11) is 1.68. The van der Waals surface area contributed by atoms with Crippen molar-refractivity contribution < 1.29 is 19.4 Å². The number of piperazine rings is 1. The van der Waals surface area contributed by atoms with Crippen molar-refractivity contribution in [3.05, 3.63) is 124 Å². The summed E-state index contributed by atoms with van der Waals surface area (Å²) in [5.41, 5.74) is 7.09. The van der Waals surface area contributed by atoms with Crippen LogP contribution in [0.25, 0.3) is 11.4 Å². The standard InChI is InChI=1S/C51H59ClN6O4/c1-34(33-62-45-16-22-53-43-12-6-8-35(2)47(43)45)28-38-30-37-15-14-36(29-42(37)50(38)18-20-51(21-19-50,49(59)60)56-40-10-7-9-39(52)31-40)32-57-24-26-58(27-25-57)46-17-23-54-48(55-46)41-11-4-5-13-44(41)61-3/h4-5,7,9-11,13-17,22-23,29,31,34-35,38,56H,6,8,12,18-21,24-28,30,32-33H2,1-3H3,(H,59,60)/t34-,35-,38+,50?,51?/m1/s1. The lowest BCUT2D eigenvalue weighted by Gasteiger charge is -2.47. The van der Waals surface area contributed by atoms with Gasteiger partial charge in [-0.05, 0) is 140 Å². The molecule has 10 nitrogen and oxygen atoms in total. The van der Waals surface area contributed by atoms with Gasteiger partial charge in [0.15, 0.2) is 5.82 Å². The molecule has 3 aliphatic carbocycles. The highest BCUT2D eigenvalue weighted by Gasteiger charge is 2.54. The number of rotatable bonds is 13. The predicted octanol–water partition coefficient (Wildman–Crippen LogP) is 9.99. The van der Waals surface area contributed by atoms with Crippen LogP contribution in [0, 0.1) is 11.8 Å². The van der Waals surface area contributed by atoms with E-state index in [0.717, 1.165) is 93.4 Å². The molecule has 0 radical (unpaired) electrons. The van der Waals surface area contributed by atoms with Gasteiger partial charge in [-0.2, -0.15) is 0 Å². The number of anilines is 2. The van der Waals surface area contributed by atoms with Crippen LogP contribution in [0.5, 0.6) is 11.5 Å². The third kappa shape index (κ3) is 8.48. The Labute approximate surface area is 371 Å². The highest BCUT2D eigenvalue weighted by molar-refractivity contribution is 6.30. The molecule has 1 aliphatic heterocycles. The molecule has 2 fully saturated rings. The fourth-order valence-corrected chi connectivity index (χ4v) is 11.3. The Balaban J connectivity index is 0.920. The lowest BCUT2D eigenvalue weighted by atomic mass is 9.59. The average Bonchev–Trinajstić information content (AvgIpc) is 3.57. The van der Waals surface area contributed by atoms with Crippen molar-refractivity contribution in [1.82, 2.24) is 19.9 Å². The summed E-state index contributed by atoms with van der Waals surface area (Å²) >= 11 is 6.36. The summed E-state index contributed by atoms with van der Waals surface area (Å²) < 4.78 is 12.2. The number of carbonyl (C=O) groups is 1. The lowest BCUT2D eigenvalue weighted by Crippen LogP contribution is -2.53. The van der Waals surface area contributed by atoms with Crippen molar-refractivity contribution in [2.24, 2.45) is 11.8 Å². The van der Waals surface area contributed by atoms with Gasteiger partial charge < -0.3 is 24.8 Å². The highest BCUT2D eigenvalue weighted by atomic mass is 35.5. The molecular weight excluding hydrogens is 796 g/mol. The number of nitrogens with one attached hydrogen (secondary N) is 1. The van der Waals surface area contributed by atoms with Crippen LogP contribution in [0.15, 0.2) is 91.3 Å². The number of para-hydroxylation sites is 1. The molecule has 3 aromatic carbocycles. The molecule has 11 heteroatoms. The minimum absolute atomic E-state index is 0.121. The highest BCUT2D eigenvalue weighted by Crippen LogP contribution is 2.56. The van der Waals surface area contributed by atoms with Crippen LogP contribution in [0.1, 0.15) is 92.7 Å². The second kappa shape index (κ2) is 17.9. The maximum atomic E-state index is 13.2. The number of halogens is 1. The van der Waals surface area contributed by atoms with Gasteiger partial charge in [0.25, 0.3) is 0 Å². The van der Waals surface area contributed by atoms with Crippen molar-refractivity contribution in [3.8, 4) is 22.9 Å².